The van der Waals surface area contributed by atoms with Crippen LogP contribution in [0.4, 0.5) is 4.39 Å². The van der Waals surface area contributed by atoms with E-state index in [9.17, 15) is 17.6 Å². The van der Waals surface area contributed by atoms with E-state index >= 15 is 0 Å². The SMILES string of the molecule is CC(C)(C)CCNC(=O)c1cc(Cl)cc(S(=O)(=O)Cl)c1F. The van der Waals surface area contributed by atoms with Crippen LogP contribution in [0.2, 0.25) is 5.02 Å². The van der Waals surface area contributed by atoms with Crippen LogP contribution in [-0.2, 0) is 9.05 Å². The second-order valence-corrected chi connectivity index (χ2v) is 8.74. The highest BCUT2D eigenvalue weighted by Crippen LogP contribution is 2.26. The first kappa shape index (κ1) is 18.2. The van der Waals surface area contributed by atoms with Crippen LogP contribution in [0.1, 0.15) is 37.6 Å². The average Bonchev–Trinajstić information content (AvgIpc) is 2.28. The van der Waals surface area contributed by atoms with E-state index in [-0.39, 0.29) is 10.4 Å². The first-order chi connectivity index (χ1) is 9.42. The summed E-state index contributed by atoms with van der Waals surface area (Å²) in [7, 11) is 0.796. The number of benzene rings is 1. The number of halogens is 3. The van der Waals surface area contributed by atoms with Crippen molar-refractivity contribution < 1.29 is 17.6 Å². The summed E-state index contributed by atoms with van der Waals surface area (Å²) >= 11 is 5.71. The van der Waals surface area contributed by atoms with Crippen LogP contribution in [0, 0.1) is 11.2 Å². The third kappa shape index (κ3) is 5.45. The van der Waals surface area contributed by atoms with Gasteiger partial charge < -0.3 is 5.32 Å². The van der Waals surface area contributed by atoms with Crippen LogP contribution in [0.15, 0.2) is 17.0 Å². The quantitative estimate of drug-likeness (QED) is 0.839. The molecule has 0 heterocycles. The lowest BCUT2D eigenvalue weighted by Crippen LogP contribution is -2.28. The van der Waals surface area contributed by atoms with Gasteiger partial charge in [-0.25, -0.2) is 12.8 Å². The summed E-state index contributed by atoms with van der Waals surface area (Å²) in [6, 6.07) is 1.93. The molecule has 0 aliphatic heterocycles. The molecule has 118 valence electrons. The van der Waals surface area contributed by atoms with Crippen molar-refractivity contribution in [3.05, 3.63) is 28.5 Å². The van der Waals surface area contributed by atoms with Gasteiger partial charge in [-0.3, -0.25) is 4.79 Å². The fraction of sp³-hybridized carbons (Fsp3) is 0.462. The van der Waals surface area contributed by atoms with Crippen LogP contribution < -0.4 is 5.32 Å². The molecule has 0 saturated carbocycles. The van der Waals surface area contributed by atoms with Gasteiger partial charge in [-0.2, -0.15) is 0 Å². The minimum absolute atomic E-state index is 0.00476. The number of hydrogen-bond acceptors (Lipinski definition) is 3. The van der Waals surface area contributed by atoms with Crippen molar-refractivity contribution in [1.82, 2.24) is 5.32 Å². The lowest BCUT2D eigenvalue weighted by Gasteiger charge is -2.18. The number of carbonyl (C=O) groups excluding carboxylic acids is 1. The van der Waals surface area contributed by atoms with E-state index in [1.807, 2.05) is 20.8 Å². The van der Waals surface area contributed by atoms with Gasteiger partial charge in [0.2, 0.25) is 0 Å². The monoisotopic (exact) mass is 355 g/mol. The molecule has 0 unspecified atom stereocenters. The molecular weight excluding hydrogens is 340 g/mol. The molecule has 0 aromatic heterocycles. The minimum atomic E-state index is -4.32. The fourth-order valence-corrected chi connectivity index (χ4v) is 2.76. The van der Waals surface area contributed by atoms with E-state index < -0.39 is 31.2 Å². The van der Waals surface area contributed by atoms with Crippen molar-refractivity contribution in [2.75, 3.05) is 6.54 Å². The van der Waals surface area contributed by atoms with Crippen LogP contribution in [0.5, 0.6) is 0 Å². The topological polar surface area (TPSA) is 63.2 Å². The molecule has 0 aliphatic rings. The Bertz CT molecular complexity index is 654. The van der Waals surface area contributed by atoms with Gasteiger partial charge in [0.15, 0.2) is 5.82 Å². The molecule has 0 aliphatic carbocycles. The van der Waals surface area contributed by atoms with Crippen molar-refractivity contribution >= 4 is 37.2 Å². The minimum Gasteiger partial charge on any atom is -0.352 e. The van der Waals surface area contributed by atoms with Gasteiger partial charge in [-0.1, -0.05) is 32.4 Å². The first-order valence-electron chi connectivity index (χ1n) is 6.14. The average molecular weight is 356 g/mol. The Morgan fingerprint density at radius 3 is 2.38 bits per heavy atom. The summed E-state index contributed by atoms with van der Waals surface area (Å²) < 4.78 is 36.6. The Balaban J connectivity index is 3.03. The fourth-order valence-electron chi connectivity index (χ4n) is 1.55. The molecule has 0 radical (unpaired) electrons. The molecule has 0 atom stereocenters. The smallest absolute Gasteiger partial charge is 0.264 e. The number of carbonyl (C=O) groups is 1. The molecule has 0 spiro atoms. The third-order valence-corrected chi connectivity index (χ3v) is 4.21. The Kier molecular flexibility index (Phi) is 5.63. The second-order valence-electron chi connectivity index (χ2n) is 5.77. The molecule has 0 saturated heterocycles. The summed E-state index contributed by atoms with van der Waals surface area (Å²) in [5, 5.41) is 2.44. The van der Waals surface area contributed by atoms with E-state index in [2.05, 4.69) is 5.32 Å². The predicted octanol–water partition coefficient (Wildman–Crippen LogP) is 3.57. The summed E-state index contributed by atoms with van der Waals surface area (Å²) in [5.74, 6) is -1.94. The molecule has 1 rings (SSSR count). The van der Waals surface area contributed by atoms with Crippen molar-refractivity contribution in [2.45, 2.75) is 32.1 Å². The molecule has 4 nitrogen and oxygen atoms in total. The summed E-state index contributed by atoms with van der Waals surface area (Å²) in [6.07, 6.45) is 0.682. The summed E-state index contributed by atoms with van der Waals surface area (Å²) in [5.41, 5.74) is -0.444. The van der Waals surface area contributed by atoms with Gasteiger partial charge in [-0.15, -0.1) is 0 Å². The van der Waals surface area contributed by atoms with Crippen LogP contribution in [0.25, 0.3) is 0 Å². The molecule has 21 heavy (non-hydrogen) atoms. The maximum atomic E-state index is 14.1. The van der Waals surface area contributed by atoms with Crippen LogP contribution in [0.3, 0.4) is 0 Å². The maximum absolute atomic E-state index is 14.1. The zero-order chi connectivity index (χ0) is 16.4. The Labute approximate surface area is 133 Å². The molecule has 0 bridgehead atoms. The lowest BCUT2D eigenvalue weighted by atomic mass is 9.92. The molecule has 1 N–H and O–H groups in total. The maximum Gasteiger partial charge on any atom is 0.264 e. The largest absolute Gasteiger partial charge is 0.352 e. The number of nitrogens with one attached hydrogen (secondary N) is 1. The normalized spacial score (nSPS) is 12.3. The van der Waals surface area contributed by atoms with Gasteiger partial charge in [0, 0.05) is 22.2 Å². The van der Waals surface area contributed by atoms with Gasteiger partial charge in [-0.05, 0) is 24.0 Å². The highest BCUT2D eigenvalue weighted by Gasteiger charge is 2.24. The zero-order valence-corrected chi connectivity index (χ0v) is 14.2. The highest BCUT2D eigenvalue weighted by molar-refractivity contribution is 8.13. The van der Waals surface area contributed by atoms with Crippen molar-refractivity contribution in [2.24, 2.45) is 5.41 Å². The summed E-state index contributed by atoms with van der Waals surface area (Å²) in [6.45, 7) is 6.32. The highest BCUT2D eigenvalue weighted by atomic mass is 35.7. The molecule has 1 amide bonds. The van der Waals surface area contributed by atoms with E-state index in [0.717, 1.165) is 12.1 Å². The lowest BCUT2D eigenvalue weighted by molar-refractivity contribution is 0.0945. The van der Waals surface area contributed by atoms with E-state index in [4.69, 9.17) is 22.3 Å². The molecule has 1 aromatic carbocycles. The Hall–Kier alpha value is -0.850. The molecule has 1 aromatic rings. The Morgan fingerprint density at radius 1 is 1.33 bits per heavy atom. The second kappa shape index (κ2) is 6.50. The van der Waals surface area contributed by atoms with E-state index in [0.29, 0.717) is 13.0 Å². The standard InChI is InChI=1S/C13H16Cl2FNO3S/c1-13(2,3)4-5-17-12(18)9-6-8(14)7-10(11(9)16)21(15,19)20/h6-7H,4-5H2,1-3H3,(H,17,18). The Morgan fingerprint density at radius 2 is 1.90 bits per heavy atom. The summed E-state index contributed by atoms with van der Waals surface area (Å²) in [4.78, 5) is 11.1. The van der Waals surface area contributed by atoms with Gasteiger partial charge in [0.05, 0.1) is 5.56 Å². The van der Waals surface area contributed by atoms with E-state index in [1.54, 1.807) is 0 Å². The predicted molar refractivity (Wildman–Crippen MR) is 80.9 cm³/mol. The van der Waals surface area contributed by atoms with Gasteiger partial charge in [0.25, 0.3) is 15.0 Å². The van der Waals surface area contributed by atoms with Crippen molar-refractivity contribution in [1.29, 1.82) is 0 Å². The van der Waals surface area contributed by atoms with Crippen LogP contribution >= 0.6 is 22.3 Å². The zero-order valence-electron chi connectivity index (χ0n) is 11.8. The number of rotatable bonds is 4. The van der Waals surface area contributed by atoms with Gasteiger partial charge >= 0.3 is 0 Å². The number of hydrogen-bond donors (Lipinski definition) is 1. The van der Waals surface area contributed by atoms with Crippen molar-refractivity contribution in [3.63, 3.8) is 0 Å². The molecular formula is C13H16Cl2FNO3S. The first-order valence-corrected chi connectivity index (χ1v) is 8.82. The van der Waals surface area contributed by atoms with Crippen molar-refractivity contribution in [3.8, 4) is 0 Å². The van der Waals surface area contributed by atoms with Crippen LogP contribution in [-0.4, -0.2) is 20.9 Å². The van der Waals surface area contributed by atoms with Gasteiger partial charge in [0.1, 0.15) is 4.90 Å². The third-order valence-electron chi connectivity index (χ3n) is 2.67. The number of amides is 1. The molecule has 8 heteroatoms. The molecule has 0 fully saturated rings. The van der Waals surface area contributed by atoms with E-state index in [1.165, 1.54) is 0 Å².